The molecule has 1 aromatic rings. The minimum absolute atomic E-state index is 0.0374. The number of rotatable bonds is 10. The minimum Gasteiger partial charge on any atom is -0.369 e. The molecule has 0 saturated heterocycles. The van der Waals surface area contributed by atoms with E-state index in [9.17, 15) is 9.59 Å². The van der Waals surface area contributed by atoms with Crippen molar-refractivity contribution in [3.8, 4) is 0 Å². The summed E-state index contributed by atoms with van der Waals surface area (Å²) in [4.78, 5) is 25.2. The first-order chi connectivity index (χ1) is 10.1. The number of amides is 1. The summed E-state index contributed by atoms with van der Waals surface area (Å²) in [7, 11) is 0. The van der Waals surface area contributed by atoms with Crippen molar-refractivity contribution in [2.45, 2.75) is 39.5 Å². The first-order valence-corrected chi connectivity index (χ1v) is 7.69. The number of hydrogen-bond acceptors (Lipinski definition) is 3. The first-order valence-electron chi connectivity index (χ1n) is 7.69. The van der Waals surface area contributed by atoms with E-state index in [1.165, 1.54) is 5.56 Å². The normalized spacial score (nSPS) is 10.8. The summed E-state index contributed by atoms with van der Waals surface area (Å²) < 4.78 is 0. The Morgan fingerprint density at radius 1 is 1.05 bits per heavy atom. The van der Waals surface area contributed by atoms with Crippen molar-refractivity contribution >= 4 is 11.7 Å². The van der Waals surface area contributed by atoms with Gasteiger partial charge in [0.05, 0.1) is 13.1 Å². The van der Waals surface area contributed by atoms with Gasteiger partial charge in [0.15, 0.2) is 5.78 Å². The average molecular weight is 290 g/mol. The number of benzene rings is 1. The molecule has 0 atom stereocenters. The molecule has 0 aliphatic heterocycles. The van der Waals surface area contributed by atoms with Gasteiger partial charge in [0.2, 0.25) is 5.91 Å². The second-order valence-corrected chi connectivity index (χ2v) is 5.40. The van der Waals surface area contributed by atoms with E-state index in [4.69, 9.17) is 5.73 Å². The summed E-state index contributed by atoms with van der Waals surface area (Å²) in [5.74, 6) is -0.354. The van der Waals surface area contributed by atoms with Crippen molar-refractivity contribution in [2.75, 3.05) is 19.6 Å². The monoisotopic (exact) mass is 290 g/mol. The molecule has 0 unspecified atom stereocenters. The van der Waals surface area contributed by atoms with E-state index in [0.717, 1.165) is 32.2 Å². The van der Waals surface area contributed by atoms with E-state index >= 15 is 0 Å². The topological polar surface area (TPSA) is 63.4 Å². The van der Waals surface area contributed by atoms with Gasteiger partial charge in [0, 0.05) is 5.56 Å². The molecule has 21 heavy (non-hydrogen) atoms. The standard InChI is InChI=1S/C17H26N2O2/c1-3-5-11-19(13-17(18)21)12-16(20)15-9-7-14(6-4-2)8-10-15/h7-10H,3-6,11-13H2,1-2H3,(H2,18,21). The van der Waals surface area contributed by atoms with Crippen LogP contribution >= 0.6 is 0 Å². The lowest BCUT2D eigenvalue weighted by Gasteiger charge is -2.19. The Bertz CT molecular complexity index is 454. The molecule has 2 N–H and O–H groups in total. The quantitative estimate of drug-likeness (QED) is 0.673. The Morgan fingerprint density at radius 3 is 2.24 bits per heavy atom. The second kappa shape index (κ2) is 9.29. The van der Waals surface area contributed by atoms with Gasteiger partial charge < -0.3 is 5.73 Å². The molecule has 116 valence electrons. The summed E-state index contributed by atoms with van der Waals surface area (Å²) >= 11 is 0. The van der Waals surface area contributed by atoms with Crippen LogP contribution < -0.4 is 5.73 Å². The largest absolute Gasteiger partial charge is 0.369 e. The van der Waals surface area contributed by atoms with Crippen LogP contribution in [0.25, 0.3) is 0 Å². The van der Waals surface area contributed by atoms with E-state index in [1.807, 2.05) is 29.2 Å². The van der Waals surface area contributed by atoms with Gasteiger partial charge in [-0.3, -0.25) is 14.5 Å². The van der Waals surface area contributed by atoms with E-state index in [1.54, 1.807) is 0 Å². The van der Waals surface area contributed by atoms with Crippen molar-refractivity contribution < 1.29 is 9.59 Å². The maximum atomic E-state index is 12.3. The van der Waals surface area contributed by atoms with Crippen molar-refractivity contribution in [3.63, 3.8) is 0 Å². The number of carbonyl (C=O) groups excluding carboxylic acids is 2. The highest BCUT2D eigenvalue weighted by molar-refractivity contribution is 5.97. The third kappa shape index (κ3) is 6.54. The number of unbranched alkanes of at least 4 members (excludes halogenated alkanes) is 1. The zero-order valence-corrected chi connectivity index (χ0v) is 13.1. The first kappa shape index (κ1) is 17.4. The van der Waals surface area contributed by atoms with Crippen molar-refractivity contribution in [3.05, 3.63) is 35.4 Å². The lowest BCUT2D eigenvalue weighted by atomic mass is 10.0. The van der Waals surface area contributed by atoms with Crippen LogP contribution in [0.1, 0.15) is 49.0 Å². The fraction of sp³-hybridized carbons (Fsp3) is 0.529. The molecule has 1 aromatic carbocycles. The zero-order chi connectivity index (χ0) is 15.7. The van der Waals surface area contributed by atoms with E-state index in [0.29, 0.717) is 5.56 Å². The number of hydrogen-bond donors (Lipinski definition) is 1. The molecule has 0 radical (unpaired) electrons. The predicted octanol–water partition coefficient (Wildman–Crippen LogP) is 2.41. The molecule has 0 bridgehead atoms. The molecule has 0 heterocycles. The number of nitrogens with two attached hydrogens (primary N) is 1. The highest BCUT2D eigenvalue weighted by Gasteiger charge is 2.14. The number of carbonyl (C=O) groups is 2. The lowest BCUT2D eigenvalue weighted by Crippen LogP contribution is -2.38. The third-order valence-corrected chi connectivity index (χ3v) is 3.39. The van der Waals surface area contributed by atoms with Crippen molar-refractivity contribution in [1.82, 2.24) is 4.90 Å². The predicted molar refractivity (Wildman–Crippen MR) is 85.3 cm³/mol. The number of ketones is 1. The number of Topliss-reactive ketones (excluding diaryl/α,β-unsaturated/α-hetero) is 1. The van der Waals surface area contributed by atoms with Crippen LogP contribution in [0.4, 0.5) is 0 Å². The maximum Gasteiger partial charge on any atom is 0.231 e. The molecule has 1 amide bonds. The fourth-order valence-electron chi connectivity index (χ4n) is 2.26. The van der Waals surface area contributed by atoms with E-state index in [2.05, 4.69) is 13.8 Å². The van der Waals surface area contributed by atoms with Gasteiger partial charge in [-0.1, -0.05) is 51.0 Å². The van der Waals surface area contributed by atoms with E-state index < -0.39 is 5.91 Å². The van der Waals surface area contributed by atoms with Crippen LogP contribution in [0.5, 0.6) is 0 Å². The third-order valence-electron chi connectivity index (χ3n) is 3.39. The van der Waals surface area contributed by atoms with Gasteiger partial charge >= 0.3 is 0 Å². The average Bonchev–Trinajstić information content (AvgIpc) is 2.45. The summed E-state index contributed by atoms with van der Waals surface area (Å²) in [6.45, 7) is 5.32. The number of nitrogens with zero attached hydrogens (tertiary/aromatic N) is 1. The molecule has 0 spiro atoms. The Kier molecular flexibility index (Phi) is 7.69. The van der Waals surface area contributed by atoms with Crippen LogP contribution in [0.2, 0.25) is 0 Å². The molecular weight excluding hydrogens is 264 g/mol. The highest BCUT2D eigenvalue weighted by Crippen LogP contribution is 2.08. The molecular formula is C17H26N2O2. The van der Waals surface area contributed by atoms with Crippen LogP contribution in [0.3, 0.4) is 0 Å². The lowest BCUT2D eigenvalue weighted by molar-refractivity contribution is -0.119. The Morgan fingerprint density at radius 2 is 1.71 bits per heavy atom. The van der Waals surface area contributed by atoms with Gasteiger partial charge in [-0.05, 0) is 24.9 Å². The van der Waals surface area contributed by atoms with Crippen molar-refractivity contribution in [2.24, 2.45) is 5.73 Å². The van der Waals surface area contributed by atoms with Crippen LogP contribution in [-0.4, -0.2) is 36.2 Å². The maximum absolute atomic E-state index is 12.3. The fourth-order valence-corrected chi connectivity index (χ4v) is 2.26. The molecule has 4 nitrogen and oxygen atoms in total. The molecule has 0 saturated carbocycles. The molecule has 0 aliphatic rings. The zero-order valence-electron chi connectivity index (χ0n) is 13.1. The Hall–Kier alpha value is -1.68. The van der Waals surface area contributed by atoms with Crippen LogP contribution in [0, 0.1) is 0 Å². The van der Waals surface area contributed by atoms with Gasteiger partial charge in [-0.15, -0.1) is 0 Å². The van der Waals surface area contributed by atoms with Gasteiger partial charge in [0.25, 0.3) is 0 Å². The molecule has 0 aliphatic carbocycles. The molecule has 0 aromatic heterocycles. The van der Waals surface area contributed by atoms with Gasteiger partial charge in [-0.25, -0.2) is 0 Å². The Balaban J connectivity index is 2.64. The second-order valence-electron chi connectivity index (χ2n) is 5.40. The minimum atomic E-state index is -0.391. The molecule has 4 heteroatoms. The summed E-state index contributed by atoms with van der Waals surface area (Å²) in [6.07, 6.45) is 4.10. The van der Waals surface area contributed by atoms with Crippen LogP contribution in [0.15, 0.2) is 24.3 Å². The SMILES string of the molecule is CCCCN(CC(N)=O)CC(=O)c1ccc(CCC)cc1. The molecule has 0 fully saturated rings. The van der Waals surface area contributed by atoms with Crippen LogP contribution in [-0.2, 0) is 11.2 Å². The highest BCUT2D eigenvalue weighted by atomic mass is 16.1. The Labute approximate surface area is 127 Å². The summed E-state index contributed by atoms with van der Waals surface area (Å²) in [6, 6.07) is 7.74. The van der Waals surface area contributed by atoms with Gasteiger partial charge in [0.1, 0.15) is 0 Å². The number of primary amides is 1. The summed E-state index contributed by atoms with van der Waals surface area (Å²) in [5, 5.41) is 0. The van der Waals surface area contributed by atoms with E-state index in [-0.39, 0.29) is 18.9 Å². The smallest absolute Gasteiger partial charge is 0.231 e. The molecule has 1 rings (SSSR count). The number of aryl methyl sites for hydroxylation is 1. The van der Waals surface area contributed by atoms with Crippen molar-refractivity contribution in [1.29, 1.82) is 0 Å². The summed E-state index contributed by atoms with van der Waals surface area (Å²) in [5.41, 5.74) is 7.18. The van der Waals surface area contributed by atoms with Gasteiger partial charge in [-0.2, -0.15) is 0 Å².